The molecule has 1 atom stereocenters. The summed E-state index contributed by atoms with van der Waals surface area (Å²) in [5.41, 5.74) is 5.18. The number of carbonyl (C=O) groups is 1. The predicted molar refractivity (Wildman–Crippen MR) is 121 cm³/mol. The number of hydrogen-bond acceptors (Lipinski definition) is 3. The summed E-state index contributed by atoms with van der Waals surface area (Å²) in [7, 11) is -3.60. The van der Waals surface area contributed by atoms with Gasteiger partial charge in [-0.05, 0) is 80.0 Å². The van der Waals surface area contributed by atoms with E-state index in [1.807, 2.05) is 13.8 Å². The molecule has 1 amide bonds. The van der Waals surface area contributed by atoms with Crippen molar-refractivity contribution in [1.82, 2.24) is 5.32 Å². The van der Waals surface area contributed by atoms with Crippen LogP contribution >= 0.6 is 15.9 Å². The average Bonchev–Trinajstić information content (AvgIpc) is 2.67. The van der Waals surface area contributed by atoms with Crippen molar-refractivity contribution in [2.24, 2.45) is 0 Å². The number of aryl methyl sites for hydroxylation is 3. The quantitative estimate of drug-likeness (QED) is 0.673. The number of nitrogens with zero attached hydrogens (tertiary/aromatic N) is 1. The number of hydrogen-bond donors (Lipinski definition) is 1. The van der Waals surface area contributed by atoms with E-state index in [1.54, 1.807) is 18.2 Å². The first-order valence-corrected chi connectivity index (χ1v) is 12.4. The van der Waals surface area contributed by atoms with Crippen LogP contribution in [0.5, 0.6) is 0 Å². The van der Waals surface area contributed by atoms with Gasteiger partial charge in [0.05, 0.1) is 18.0 Å². The lowest BCUT2D eigenvalue weighted by Gasteiger charge is -2.24. The third-order valence-electron chi connectivity index (χ3n) is 5.37. The first-order chi connectivity index (χ1) is 13.6. The molecule has 29 heavy (non-hydrogen) atoms. The van der Waals surface area contributed by atoms with E-state index >= 15 is 0 Å². The summed E-state index contributed by atoms with van der Waals surface area (Å²) >= 11 is 3.42. The van der Waals surface area contributed by atoms with E-state index in [0.717, 1.165) is 39.0 Å². The van der Waals surface area contributed by atoms with Crippen molar-refractivity contribution in [3.05, 3.63) is 63.1 Å². The number of amides is 1. The molecule has 0 aliphatic heterocycles. The van der Waals surface area contributed by atoms with Gasteiger partial charge in [0.2, 0.25) is 15.9 Å². The molecule has 0 spiro atoms. The van der Waals surface area contributed by atoms with Crippen molar-refractivity contribution < 1.29 is 13.2 Å². The third kappa shape index (κ3) is 5.39. The fraction of sp³-hybridized carbons (Fsp3) is 0.409. The molecule has 5 nitrogen and oxygen atoms in total. The minimum absolute atomic E-state index is 0.192. The number of halogens is 1. The standard InChI is InChI=1S/C22H27BrN2O3S/c1-15-12-20(10-11-21(15)23)25(29(3,27)28)14-22(26)24-16(2)18-9-8-17-6-4-5-7-19(17)13-18/h8-13,16H,4-7,14H2,1-3H3,(H,24,26)/t16-/m1/s1. The minimum atomic E-state index is -3.60. The van der Waals surface area contributed by atoms with Crippen LogP contribution in [0, 0.1) is 6.92 Å². The van der Waals surface area contributed by atoms with Crippen LogP contribution in [-0.4, -0.2) is 27.1 Å². The molecule has 2 aromatic rings. The van der Waals surface area contributed by atoms with Crippen LogP contribution in [0.4, 0.5) is 5.69 Å². The Morgan fingerprint density at radius 1 is 1.14 bits per heavy atom. The van der Waals surface area contributed by atoms with Crippen LogP contribution < -0.4 is 9.62 Å². The highest BCUT2D eigenvalue weighted by atomic mass is 79.9. The zero-order chi connectivity index (χ0) is 21.2. The van der Waals surface area contributed by atoms with Gasteiger partial charge in [-0.1, -0.05) is 34.1 Å². The van der Waals surface area contributed by atoms with E-state index in [1.165, 1.54) is 24.0 Å². The van der Waals surface area contributed by atoms with Crippen LogP contribution in [0.15, 0.2) is 40.9 Å². The van der Waals surface area contributed by atoms with E-state index < -0.39 is 10.0 Å². The van der Waals surface area contributed by atoms with E-state index in [4.69, 9.17) is 0 Å². The number of sulfonamides is 1. The Labute approximate surface area is 181 Å². The van der Waals surface area contributed by atoms with Crippen LogP contribution in [0.1, 0.15) is 48.1 Å². The van der Waals surface area contributed by atoms with Gasteiger partial charge in [0.25, 0.3) is 0 Å². The van der Waals surface area contributed by atoms with Gasteiger partial charge in [0.1, 0.15) is 6.54 Å². The van der Waals surface area contributed by atoms with Gasteiger partial charge in [0, 0.05) is 4.47 Å². The number of fused-ring (bicyclic) bond motifs is 1. The lowest BCUT2D eigenvalue weighted by atomic mass is 9.89. The maximum atomic E-state index is 12.7. The largest absolute Gasteiger partial charge is 0.348 e. The molecular weight excluding hydrogens is 452 g/mol. The van der Waals surface area contributed by atoms with Crippen molar-refractivity contribution >= 4 is 37.5 Å². The van der Waals surface area contributed by atoms with Gasteiger partial charge in [-0.15, -0.1) is 0 Å². The number of rotatable bonds is 6. The maximum absolute atomic E-state index is 12.7. The SMILES string of the molecule is Cc1cc(N(CC(=O)N[C@H](C)c2ccc3c(c2)CCCC3)S(C)(=O)=O)ccc1Br. The summed E-state index contributed by atoms with van der Waals surface area (Å²) in [4.78, 5) is 12.7. The topological polar surface area (TPSA) is 66.5 Å². The van der Waals surface area contributed by atoms with Crippen LogP contribution in [-0.2, 0) is 27.7 Å². The molecule has 0 saturated carbocycles. The smallest absolute Gasteiger partial charge is 0.241 e. The Kier molecular flexibility index (Phi) is 6.69. The molecule has 156 valence electrons. The fourth-order valence-electron chi connectivity index (χ4n) is 3.71. The van der Waals surface area contributed by atoms with Crippen LogP contribution in [0.25, 0.3) is 0 Å². The van der Waals surface area contributed by atoms with Crippen molar-refractivity contribution in [1.29, 1.82) is 0 Å². The Bertz CT molecular complexity index is 1020. The zero-order valence-electron chi connectivity index (χ0n) is 17.0. The molecule has 0 radical (unpaired) electrons. The lowest BCUT2D eigenvalue weighted by Crippen LogP contribution is -2.41. The summed E-state index contributed by atoms with van der Waals surface area (Å²) in [6.45, 7) is 3.55. The van der Waals surface area contributed by atoms with Gasteiger partial charge in [-0.25, -0.2) is 8.42 Å². The van der Waals surface area contributed by atoms with Gasteiger partial charge < -0.3 is 5.32 Å². The van der Waals surface area contributed by atoms with Gasteiger partial charge >= 0.3 is 0 Å². The zero-order valence-corrected chi connectivity index (χ0v) is 19.4. The summed E-state index contributed by atoms with van der Waals surface area (Å²) < 4.78 is 26.7. The van der Waals surface area contributed by atoms with Crippen molar-refractivity contribution in [3.63, 3.8) is 0 Å². The molecule has 1 N–H and O–H groups in total. The normalized spacial score (nSPS) is 14.8. The Balaban J connectivity index is 1.74. The molecule has 0 fully saturated rings. The molecule has 0 aromatic heterocycles. The summed E-state index contributed by atoms with van der Waals surface area (Å²) in [5, 5.41) is 2.95. The molecule has 0 saturated heterocycles. The minimum Gasteiger partial charge on any atom is -0.348 e. The Morgan fingerprint density at radius 2 is 1.83 bits per heavy atom. The molecular formula is C22H27BrN2O3S. The Morgan fingerprint density at radius 3 is 2.48 bits per heavy atom. The second kappa shape index (κ2) is 8.88. The van der Waals surface area contributed by atoms with E-state index in [9.17, 15) is 13.2 Å². The monoisotopic (exact) mass is 478 g/mol. The predicted octanol–water partition coefficient (Wildman–Crippen LogP) is 4.28. The molecule has 0 heterocycles. The average molecular weight is 479 g/mol. The number of benzene rings is 2. The van der Waals surface area contributed by atoms with E-state index in [-0.39, 0.29) is 18.5 Å². The number of carbonyl (C=O) groups excluding carboxylic acids is 1. The molecule has 7 heteroatoms. The lowest BCUT2D eigenvalue weighted by molar-refractivity contribution is -0.120. The maximum Gasteiger partial charge on any atom is 0.241 e. The molecule has 1 aliphatic carbocycles. The second-order valence-electron chi connectivity index (χ2n) is 7.73. The first kappa shape index (κ1) is 21.8. The molecule has 1 aliphatic rings. The molecule has 0 unspecified atom stereocenters. The van der Waals surface area contributed by atoms with E-state index in [0.29, 0.717) is 5.69 Å². The number of anilines is 1. The van der Waals surface area contributed by atoms with Gasteiger partial charge in [-0.3, -0.25) is 9.10 Å². The number of nitrogens with one attached hydrogen (secondary N) is 1. The summed E-state index contributed by atoms with van der Waals surface area (Å²) in [6.07, 6.45) is 5.74. The van der Waals surface area contributed by atoms with Gasteiger partial charge in [0.15, 0.2) is 0 Å². The van der Waals surface area contributed by atoms with E-state index in [2.05, 4.69) is 39.4 Å². The Hall–Kier alpha value is -1.86. The van der Waals surface area contributed by atoms with Crippen molar-refractivity contribution in [2.45, 2.75) is 45.6 Å². The second-order valence-corrected chi connectivity index (χ2v) is 10.5. The first-order valence-electron chi connectivity index (χ1n) is 9.80. The highest BCUT2D eigenvalue weighted by Crippen LogP contribution is 2.26. The summed E-state index contributed by atoms with van der Waals surface area (Å²) in [6, 6.07) is 11.4. The van der Waals surface area contributed by atoms with Crippen molar-refractivity contribution in [2.75, 3.05) is 17.1 Å². The fourth-order valence-corrected chi connectivity index (χ4v) is 4.80. The van der Waals surface area contributed by atoms with Crippen molar-refractivity contribution in [3.8, 4) is 0 Å². The molecule has 3 rings (SSSR count). The summed E-state index contributed by atoms with van der Waals surface area (Å²) in [5.74, 6) is -0.332. The van der Waals surface area contributed by atoms with Crippen LogP contribution in [0.3, 0.4) is 0 Å². The molecule has 0 bridgehead atoms. The van der Waals surface area contributed by atoms with Crippen LogP contribution in [0.2, 0.25) is 0 Å². The highest BCUT2D eigenvalue weighted by molar-refractivity contribution is 9.10. The van der Waals surface area contributed by atoms with Gasteiger partial charge in [-0.2, -0.15) is 0 Å². The highest BCUT2D eigenvalue weighted by Gasteiger charge is 2.22. The third-order valence-corrected chi connectivity index (χ3v) is 7.40. The molecule has 2 aromatic carbocycles.